The zero-order chi connectivity index (χ0) is 26.1. The zero-order valence-electron chi connectivity index (χ0n) is 20.0. The van der Waals surface area contributed by atoms with Crippen LogP contribution in [0.1, 0.15) is 52.2 Å². The average Bonchev–Trinajstić information content (AvgIpc) is 2.66. The largest absolute Gasteiger partial charge is 0.598 e. The van der Waals surface area contributed by atoms with E-state index in [1.807, 2.05) is 0 Å². The Kier molecular flexibility index (Phi) is 8.64. The number of ether oxygens (including phenoxy) is 1. The predicted molar refractivity (Wildman–Crippen MR) is 122 cm³/mol. The minimum Gasteiger partial charge on any atom is -0.598 e. The van der Waals surface area contributed by atoms with Crippen molar-refractivity contribution in [2.24, 2.45) is 5.92 Å². The lowest BCUT2D eigenvalue weighted by molar-refractivity contribution is -0.148. The second-order valence-electron chi connectivity index (χ2n) is 9.16. The van der Waals surface area contributed by atoms with Gasteiger partial charge < -0.3 is 9.29 Å². The number of allylic oxidation sites excluding steroid dienone is 3. The Morgan fingerprint density at radius 2 is 1.79 bits per heavy atom. The molecule has 190 valence electrons. The van der Waals surface area contributed by atoms with Crippen molar-refractivity contribution >= 4 is 22.9 Å². The Labute approximate surface area is 199 Å². The molecule has 0 saturated carbocycles. The van der Waals surface area contributed by atoms with Crippen LogP contribution < -0.4 is 4.72 Å². The lowest BCUT2D eigenvalue weighted by Crippen LogP contribution is -2.54. The van der Waals surface area contributed by atoms with E-state index in [2.05, 4.69) is 4.72 Å². The van der Waals surface area contributed by atoms with Crippen molar-refractivity contribution in [2.75, 3.05) is 6.61 Å². The number of alkyl halides is 5. The first-order valence-corrected chi connectivity index (χ1v) is 11.9. The molecule has 0 heterocycles. The highest BCUT2D eigenvalue weighted by Crippen LogP contribution is 2.52. The minimum atomic E-state index is -5.33. The smallest absolute Gasteiger partial charge is 0.418 e. The highest BCUT2D eigenvalue weighted by Gasteiger charge is 2.59. The first-order valence-electron chi connectivity index (χ1n) is 10.8. The number of nitrogens with one attached hydrogen (secondary N) is 1. The van der Waals surface area contributed by atoms with Crippen molar-refractivity contribution < 1.29 is 36.0 Å². The second kappa shape index (κ2) is 10.4. The van der Waals surface area contributed by atoms with Gasteiger partial charge in [0, 0.05) is 11.4 Å². The quantitative estimate of drug-likeness (QED) is 0.284. The summed E-state index contributed by atoms with van der Waals surface area (Å²) in [6, 6.07) is 4.94. The summed E-state index contributed by atoms with van der Waals surface area (Å²) in [6.07, 6.45) is -4.95. The van der Waals surface area contributed by atoms with Gasteiger partial charge in [0.15, 0.2) is 0 Å². The van der Waals surface area contributed by atoms with Crippen LogP contribution in [0.3, 0.4) is 0 Å². The van der Waals surface area contributed by atoms with Crippen LogP contribution in [0, 0.1) is 12.8 Å². The molecular formula is C24H30F5NO3S. The van der Waals surface area contributed by atoms with Crippen molar-refractivity contribution in [3.63, 3.8) is 0 Å². The van der Waals surface area contributed by atoms with E-state index < -0.39 is 63.7 Å². The standard InChI is InChI=1S/C24H30F5NO3S/c1-7-33-20(31)13-19(30-34(32)22(4,5)6)18-12-17(16-11-9-8-10-14(16)2)15(3)21(23(18,25)26)24(27,28)29/h8-12,18-19,30H,7,13H2,1-6H3/t18?,19?,34-/m1/s1. The Balaban J connectivity index is 2.73. The first kappa shape index (κ1) is 28.3. The summed E-state index contributed by atoms with van der Waals surface area (Å²) >= 11 is -1.94. The van der Waals surface area contributed by atoms with Gasteiger partial charge in [-0.25, -0.2) is 8.78 Å². The van der Waals surface area contributed by atoms with Crippen LogP contribution in [-0.4, -0.2) is 40.0 Å². The van der Waals surface area contributed by atoms with Crippen LogP contribution in [0.4, 0.5) is 22.0 Å². The lowest BCUT2D eigenvalue weighted by atomic mass is 9.75. The molecule has 1 aromatic carbocycles. The molecule has 0 aromatic heterocycles. The highest BCUT2D eigenvalue weighted by atomic mass is 32.2. The maximum absolute atomic E-state index is 15.6. The van der Waals surface area contributed by atoms with Gasteiger partial charge in [0.1, 0.15) is 10.3 Å². The van der Waals surface area contributed by atoms with E-state index in [1.165, 1.54) is 6.92 Å². The monoisotopic (exact) mass is 507 g/mol. The molecule has 1 aromatic rings. The molecule has 10 heteroatoms. The number of hydrogen-bond donors (Lipinski definition) is 1. The summed E-state index contributed by atoms with van der Waals surface area (Å²) in [5.41, 5.74) is -1.59. The van der Waals surface area contributed by atoms with Crippen molar-refractivity contribution in [1.82, 2.24) is 4.72 Å². The van der Waals surface area contributed by atoms with Gasteiger partial charge in [-0.05, 0) is 63.8 Å². The molecule has 0 aliphatic heterocycles. The SMILES string of the molecule is CCOC(=O)CC(N[S@+]([O-])C(C)(C)C)C1C=C(c2ccccc2C)C(C)=C(C(F)(F)F)C1(F)F. The van der Waals surface area contributed by atoms with Crippen LogP contribution in [0.2, 0.25) is 0 Å². The summed E-state index contributed by atoms with van der Waals surface area (Å²) in [4.78, 5) is 12.2. The number of rotatable bonds is 7. The lowest BCUT2D eigenvalue weighted by Gasteiger charge is -2.39. The third-order valence-electron chi connectivity index (χ3n) is 5.54. The minimum absolute atomic E-state index is 0.00134. The number of carbonyl (C=O) groups is 1. The fraction of sp³-hybridized carbons (Fsp3) is 0.542. The molecule has 1 N–H and O–H groups in total. The number of aryl methyl sites for hydroxylation is 1. The topological polar surface area (TPSA) is 61.4 Å². The Bertz CT molecular complexity index is 966. The molecule has 0 spiro atoms. The molecule has 2 unspecified atom stereocenters. The van der Waals surface area contributed by atoms with Crippen molar-refractivity contribution in [3.05, 3.63) is 52.6 Å². The Morgan fingerprint density at radius 1 is 1.21 bits per heavy atom. The maximum Gasteiger partial charge on any atom is 0.418 e. The van der Waals surface area contributed by atoms with Crippen LogP contribution in [-0.2, 0) is 20.9 Å². The normalized spacial score (nSPS) is 20.6. The molecule has 1 aliphatic carbocycles. The van der Waals surface area contributed by atoms with Crippen molar-refractivity contribution in [2.45, 2.75) is 70.9 Å². The summed E-state index contributed by atoms with van der Waals surface area (Å²) in [5.74, 6) is -7.38. The van der Waals surface area contributed by atoms with E-state index in [0.29, 0.717) is 11.1 Å². The van der Waals surface area contributed by atoms with Gasteiger partial charge in [-0.1, -0.05) is 30.3 Å². The maximum atomic E-state index is 15.6. The van der Waals surface area contributed by atoms with Crippen LogP contribution in [0.5, 0.6) is 0 Å². The van der Waals surface area contributed by atoms with Gasteiger partial charge in [-0.15, -0.1) is 4.72 Å². The second-order valence-corrected chi connectivity index (χ2v) is 11.2. The Morgan fingerprint density at radius 3 is 2.29 bits per heavy atom. The third-order valence-corrected chi connectivity index (χ3v) is 7.17. The molecule has 2 rings (SSSR count). The van der Waals surface area contributed by atoms with Gasteiger partial charge in [-0.2, -0.15) is 13.2 Å². The molecular weight excluding hydrogens is 477 g/mol. The number of halogens is 5. The molecule has 3 atom stereocenters. The average molecular weight is 508 g/mol. The van der Waals surface area contributed by atoms with Gasteiger partial charge >= 0.3 is 12.1 Å². The van der Waals surface area contributed by atoms with Crippen LogP contribution >= 0.6 is 0 Å². The van der Waals surface area contributed by atoms with Gasteiger partial charge in [-0.3, -0.25) is 4.79 Å². The molecule has 0 bridgehead atoms. The number of hydrogen-bond acceptors (Lipinski definition) is 4. The number of carbonyl (C=O) groups excluding carboxylic acids is 1. The van der Waals surface area contributed by atoms with Crippen molar-refractivity contribution in [3.8, 4) is 0 Å². The molecule has 0 radical (unpaired) electrons. The van der Waals surface area contributed by atoms with Crippen LogP contribution in [0.15, 0.2) is 41.5 Å². The van der Waals surface area contributed by atoms with E-state index in [4.69, 9.17) is 4.74 Å². The van der Waals surface area contributed by atoms with E-state index in [1.54, 1.807) is 52.0 Å². The predicted octanol–water partition coefficient (Wildman–Crippen LogP) is 5.90. The van der Waals surface area contributed by atoms with Gasteiger partial charge in [0.2, 0.25) is 0 Å². The Hall–Kier alpha value is -1.91. The van der Waals surface area contributed by atoms with E-state index in [0.717, 1.165) is 13.0 Å². The van der Waals surface area contributed by atoms with E-state index in [9.17, 15) is 22.5 Å². The van der Waals surface area contributed by atoms with Gasteiger partial charge in [0.25, 0.3) is 5.92 Å². The summed E-state index contributed by atoms with van der Waals surface area (Å²) in [5, 5.41) is 0. The third kappa shape index (κ3) is 6.20. The fourth-order valence-corrected chi connectivity index (χ4v) is 4.71. The van der Waals surface area contributed by atoms with E-state index >= 15 is 8.78 Å². The number of esters is 1. The number of benzene rings is 1. The molecule has 1 aliphatic rings. The zero-order valence-corrected chi connectivity index (χ0v) is 20.8. The molecule has 4 nitrogen and oxygen atoms in total. The van der Waals surface area contributed by atoms with Crippen LogP contribution in [0.25, 0.3) is 5.57 Å². The molecule has 0 amide bonds. The van der Waals surface area contributed by atoms with E-state index in [-0.39, 0.29) is 12.2 Å². The highest BCUT2D eigenvalue weighted by molar-refractivity contribution is 7.90. The summed E-state index contributed by atoms with van der Waals surface area (Å²) < 4.78 is 92.4. The molecule has 34 heavy (non-hydrogen) atoms. The van der Waals surface area contributed by atoms with Gasteiger partial charge in [0.05, 0.1) is 25.0 Å². The fourth-order valence-electron chi connectivity index (χ4n) is 3.85. The van der Waals surface area contributed by atoms with Crippen molar-refractivity contribution in [1.29, 1.82) is 0 Å². The molecule has 0 fully saturated rings. The summed E-state index contributed by atoms with van der Waals surface area (Å²) in [7, 11) is 0. The first-order chi connectivity index (χ1) is 15.5. The summed E-state index contributed by atoms with van der Waals surface area (Å²) in [6.45, 7) is 8.91. The molecule has 0 saturated heterocycles.